The maximum atomic E-state index is 11.7. The highest BCUT2D eigenvalue weighted by Crippen LogP contribution is 2.24. The summed E-state index contributed by atoms with van der Waals surface area (Å²) in [6, 6.07) is 0. The molecule has 0 aliphatic carbocycles. The van der Waals surface area contributed by atoms with Gasteiger partial charge in [-0.25, -0.2) is 0 Å². The maximum Gasteiger partial charge on any atom is 0.309 e. The van der Waals surface area contributed by atoms with Crippen LogP contribution in [0.2, 0.25) is 0 Å². The van der Waals surface area contributed by atoms with Crippen LogP contribution in [0, 0.1) is 5.92 Å². The number of unbranched alkanes of at least 4 members (excludes halogenated alkanes) is 7. The minimum atomic E-state index is -0.906. The number of allylic oxidation sites excluding steroid dienone is 1. The average molecular weight is 413 g/mol. The number of carbonyl (C=O) groups is 1. The number of carboxylic acid groups (broad SMARTS) is 1. The molecule has 1 heterocycles. The molecule has 2 N–H and O–H groups in total. The molecule has 0 amide bonds. The third-order valence-electron chi connectivity index (χ3n) is 5.83. The van der Waals surface area contributed by atoms with E-state index in [1.54, 1.807) is 0 Å². The van der Waals surface area contributed by atoms with E-state index in [1.165, 1.54) is 32.1 Å². The van der Waals surface area contributed by atoms with Gasteiger partial charge in [-0.3, -0.25) is 4.79 Å². The van der Waals surface area contributed by atoms with Crippen LogP contribution < -0.4 is 0 Å². The summed E-state index contributed by atoms with van der Waals surface area (Å²) in [5, 5.41) is 20.3. The number of aliphatic hydroxyl groups is 1. The molecule has 1 rings (SSSR count). The van der Waals surface area contributed by atoms with Crippen LogP contribution >= 0.6 is 0 Å². The summed E-state index contributed by atoms with van der Waals surface area (Å²) in [5.74, 6) is -1.63. The summed E-state index contributed by atoms with van der Waals surface area (Å²) in [6.45, 7) is 6.68. The third kappa shape index (κ3) is 12.4. The Kier molecular flexibility index (Phi) is 15.2. The van der Waals surface area contributed by atoms with Gasteiger partial charge in [0.05, 0.1) is 18.1 Å². The first kappa shape index (κ1) is 26.1. The van der Waals surface area contributed by atoms with Gasteiger partial charge in [0, 0.05) is 13.0 Å². The second-order valence-corrected chi connectivity index (χ2v) is 8.43. The Morgan fingerprint density at radius 2 is 1.83 bits per heavy atom. The first-order valence-electron chi connectivity index (χ1n) is 11.9. The fraction of sp³-hybridized carbons (Fsp3) is 0.875. The van der Waals surface area contributed by atoms with Crippen LogP contribution in [0.25, 0.3) is 0 Å². The second-order valence-electron chi connectivity index (χ2n) is 8.43. The number of carboxylic acids is 1. The minimum absolute atomic E-state index is 0.202. The van der Waals surface area contributed by atoms with Gasteiger partial charge in [0.2, 0.25) is 0 Å². The second kappa shape index (κ2) is 16.8. The molecule has 1 aliphatic rings. The standard InChI is InChI=1S/C24H44O5/c1-3-5-7-8-9-10-11-12-16-21(24(26)27)22(25)19-20(15-6-4-2)29-23-17-13-14-18-28-23/h4,20-23,25H,2-3,5-19H2,1H3,(H,26,27)/t20?,21?,22?,23-/m1/s1. The van der Waals surface area contributed by atoms with E-state index >= 15 is 0 Å². The van der Waals surface area contributed by atoms with Crippen LogP contribution in [0.15, 0.2) is 12.7 Å². The van der Waals surface area contributed by atoms with Gasteiger partial charge >= 0.3 is 5.97 Å². The molecule has 1 saturated heterocycles. The normalized spacial score (nSPS) is 20.1. The fourth-order valence-corrected chi connectivity index (χ4v) is 3.99. The van der Waals surface area contributed by atoms with E-state index in [4.69, 9.17) is 9.47 Å². The molecule has 5 nitrogen and oxygen atoms in total. The number of aliphatic carboxylic acids is 1. The third-order valence-corrected chi connectivity index (χ3v) is 5.83. The molecule has 0 aromatic rings. The summed E-state index contributed by atoms with van der Waals surface area (Å²) in [5.41, 5.74) is 0. The molecule has 1 aliphatic heterocycles. The topological polar surface area (TPSA) is 76.0 Å². The first-order valence-corrected chi connectivity index (χ1v) is 11.9. The highest BCUT2D eigenvalue weighted by molar-refractivity contribution is 5.70. The summed E-state index contributed by atoms with van der Waals surface area (Å²) < 4.78 is 11.7. The number of hydrogen-bond donors (Lipinski definition) is 2. The van der Waals surface area contributed by atoms with E-state index in [1.807, 2.05) is 6.08 Å². The zero-order chi connectivity index (χ0) is 21.3. The van der Waals surface area contributed by atoms with Crippen molar-refractivity contribution in [2.45, 2.75) is 122 Å². The Hall–Kier alpha value is -0.910. The van der Waals surface area contributed by atoms with E-state index in [0.29, 0.717) is 19.4 Å². The number of hydrogen-bond acceptors (Lipinski definition) is 4. The molecular weight excluding hydrogens is 368 g/mol. The van der Waals surface area contributed by atoms with Gasteiger partial charge in [-0.1, -0.05) is 64.4 Å². The van der Waals surface area contributed by atoms with Gasteiger partial charge in [0.25, 0.3) is 0 Å². The molecule has 0 bridgehead atoms. The zero-order valence-electron chi connectivity index (χ0n) is 18.5. The van der Waals surface area contributed by atoms with Crippen molar-refractivity contribution in [2.24, 2.45) is 5.92 Å². The lowest BCUT2D eigenvalue weighted by Gasteiger charge is -2.30. The monoisotopic (exact) mass is 412 g/mol. The zero-order valence-corrected chi connectivity index (χ0v) is 18.5. The smallest absolute Gasteiger partial charge is 0.309 e. The van der Waals surface area contributed by atoms with Crippen molar-refractivity contribution < 1.29 is 24.5 Å². The Morgan fingerprint density at radius 1 is 1.14 bits per heavy atom. The van der Waals surface area contributed by atoms with Crippen LogP contribution in [0.5, 0.6) is 0 Å². The van der Waals surface area contributed by atoms with Crippen molar-refractivity contribution in [3.8, 4) is 0 Å². The summed E-state index contributed by atoms with van der Waals surface area (Å²) in [4.78, 5) is 11.7. The van der Waals surface area contributed by atoms with Gasteiger partial charge in [0.15, 0.2) is 6.29 Å². The summed E-state index contributed by atoms with van der Waals surface area (Å²) in [6.07, 6.45) is 15.2. The summed E-state index contributed by atoms with van der Waals surface area (Å²) in [7, 11) is 0. The van der Waals surface area contributed by atoms with Crippen LogP contribution in [-0.4, -0.2) is 41.3 Å². The van der Waals surface area contributed by atoms with Gasteiger partial charge in [-0.05, 0) is 38.5 Å². The lowest BCUT2D eigenvalue weighted by molar-refractivity contribution is -0.195. The Bertz CT molecular complexity index is 419. The average Bonchev–Trinajstić information content (AvgIpc) is 2.71. The SMILES string of the molecule is C=CCCC(CC(O)C(CCCCCCCCCC)C(=O)O)O[C@@H]1CCCCO1. The Morgan fingerprint density at radius 3 is 2.41 bits per heavy atom. The van der Waals surface area contributed by atoms with Crippen molar-refractivity contribution >= 4 is 5.97 Å². The van der Waals surface area contributed by atoms with Crippen molar-refractivity contribution in [3.05, 3.63) is 12.7 Å². The molecule has 3 unspecified atom stereocenters. The van der Waals surface area contributed by atoms with Gasteiger partial charge in [-0.15, -0.1) is 6.58 Å². The molecule has 0 saturated carbocycles. The quantitative estimate of drug-likeness (QED) is 0.218. The Labute approximate surface area is 177 Å². The number of aliphatic hydroxyl groups excluding tert-OH is 1. The molecule has 0 aromatic heterocycles. The molecule has 1 fully saturated rings. The van der Waals surface area contributed by atoms with Crippen molar-refractivity contribution in [2.75, 3.05) is 6.61 Å². The Balaban J connectivity index is 2.40. The molecule has 4 atom stereocenters. The van der Waals surface area contributed by atoms with Gasteiger partial charge < -0.3 is 19.7 Å². The highest BCUT2D eigenvalue weighted by atomic mass is 16.7. The van der Waals surface area contributed by atoms with Crippen LogP contribution in [0.3, 0.4) is 0 Å². The predicted molar refractivity (Wildman–Crippen MR) is 117 cm³/mol. The van der Waals surface area contributed by atoms with Crippen molar-refractivity contribution in [1.82, 2.24) is 0 Å². The molecule has 29 heavy (non-hydrogen) atoms. The number of rotatable bonds is 18. The van der Waals surface area contributed by atoms with Crippen molar-refractivity contribution in [1.29, 1.82) is 0 Å². The van der Waals surface area contributed by atoms with E-state index in [2.05, 4.69) is 13.5 Å². The molecule has 0 aromatic carbocycles. The summed E-state index contributed by atoms with van der Waals surface area (Å²) >= 11 is 0. The molecule has 0 radical (unpaired) electrons. The van der Waals surface area contributed by atoms with E-state index in [-0.39, 0.29) is 12.4 Å². The van der Waals surface area contributed by atoms with E-state index < -0.39 is 18.0 Å². The highest BCUT2D eigenvalue weighted by Gasteiger charge is 2.30. The van der Waals surface area contributed by atoms with Gasteiger partial charge in [-0.2, -0.15) is 0 Å². The van der Waals surface area contributed by atoms with Gasteiger partial charge in [0.1, 0.15) is 0 Å². The number of ether oxygens (including phenoxy) is 2. The van der Waals surface area contributed by atoms with Crippen molar-refractivity contribution in [3.63, 3.8) is 0 Å². The van der Waals surface area contributed by atoms with E-state index in [9.17, 15) is 15.0 Å². The largest absolute Gasteiger partial charge is 0.481 e. The molecule has 0 spiro atoms. The fourth-order valence-electron chi connectivity index (χ4n) is 3.99. The predicted octanol–water partition coefficient (Wildman–Crippen LogP) is 5.85. The van der Waals surface area contributed by atoms with Crippen LogP contribution in [-0.2, 0) is 14.3 Å². The van der Waals surface area contributed by atoms with E-state index in [0.717, 1.165) is 51.4 Å². The molecular formula is C24H44O5. The molecule has 5 heteroatoms. The van der Waals surface area contributed by atoms with Crippen LogP contribution in [0.1, 0.15) is 103 Å². The molecule has 170 valence electrons. The first-order chi connectivity index (χ1) is 14.1. The minimum Gasteiger partial charge on any atom is -0.481 e. The van der Waals surface area contributed by atoms with Crippen LogP contribution in [0.4, 0.5) is 0 Å². The lowest BCUT2D eigenvalue weighted by Crippen LogP contribution is -2.35. The lowest BCUT2D eigenvalue weighted by atomic mass is 9.90. The maximum absolute atomic E-state index is 11.7.